The van der Waals surface area contributed by atoms with Gasteiger partial charge in [-0.25, -0.2) is 0 Å². The first-order chi connectivity index (χ1) is 11.5. The Hall–Kier alpha value is -2.62. The lowest BCUT2D eigenvalue weighted by atomic mass is 10.0. The summed E-state index contributed by atoms with van der Waals surface area (Å²) in [5.41, 5.74) is 2.90. The van der Waals surface area contributed by atoms with E-state index in [0.717, 1.165) is 16.8 Å². The van der Waals surface area contributed by atoms with Crippen molar-refractivity contribution in [3.05, 3.63) is 65.7 Å². The number of nitrogens with one attached hydrogen (secondary N) is 1. The molecule has 0 heterocycles. The fraction of sp³-hybridized carbons (Fsp3) is 0.300. The van der Waals surface area contributed by atoms with E-state index < -0.39 is 0 Å². The minimum atomic E-state index is -0.186. The lowest BCUT2D eigenvalue weighted by Gasteiger charge is -2.21. The van der Waals surface area contributed by atoms with E-state index in [2.05, 4.69) is 19.2 Å². The Morgan fingerprint density at radius 1 is 1.00 bits per heavy atom. The van der Waals surface area contributed by atoms with Crippen LogP contribution in [-0.4, -0.2) is 23.3 Å². The summed E-state index contributed by atoms with van der Waals surface area (Å²) in [7, 11) is 0. The average molecular weight is 324 g/mol. The standard InChI is InChI=1S/C20H24N2O2/c1-15(2)18-11-7-8-12-19(18)21-20(24)14-22(16(3)23)13-17-9-5-4-6-10-17/h4-12,15H,13-14H2,1-3H3,(H,21,24). The second kappa shape index (κ2) is 8.29. The molecule has 2 aromatic carbocycles. The average Bonchev–Trinajstić information content (AvgIpc) is 2.55. The predicted octanol–water partition coefficient (Wildman–Crippen LogP) is 3.80. The number of hydrogen-bond donors (Lipinski definition) is 1. The van der Waals surface area contributed by atoms with Gasteiger partial charge in [-0.15, -0.1) is 0 Å². The Balaban J connectivity index is 2.05. The Morgan fingerprint density at radius 2 is 1.62 bits per heavy atom. The molecule has 0 aliphatic carbocycles. The van der Waals surface area contributed by atoms with Crippen molar-refractivity contribution in [3.63, 3.8) is 0 Å². The van der Waals surface area contributed by atoms with Gasteiger partial charge in [0.05, 0.1) is 0 Å². The van der Waals surface area contributed by atoms with Gasteiger partial charge in [0.25, 0.3) is 0 Å². The molecule has 4 heteroatoms. The van der Waals surface area contributed by atoms with Crippen LogP contribution in [-0.2, 0) is 16.1 Å². The summed E-state index contributed by atoms with van der Waals surface area (Å²) in [4.78, 5) is 25.8. The molecule has 2 amide bonds. The van der Waals surface area contributed by atoms with E-state index in [9.17, 15) is 9.59 Å². The van der Waals surface area contributed by atoms with E-state index in [4.69, 9.17) is 0 Å². The fourth-order valence-corrected chi connectivity index (χ4v) is 2.56. The van der Waals surface area contributed by atoms with Crippen LogP contribution in [0.5, 0.6) is 0 Å². The molecule has 2 aromatic rings. The monoisotopic (exact) mass is 324 g/mol. The first kappa shape index (κ1) is 17.7. The zero-order valence-electron chi connectivity index (χ0n) is 14.5. The Morgan fingerprint density at radius 3 is 2.25 bits per heavy atom. The van der Waals surface area contributed by atoms with Crippen molar-refractivity contribution in [3.8, 4) is 0 Å². The first-order valence-corrected chi connectivity index (χ1v) is 8.15. The molecule has 0 saturated heterocycles. The molecule has 0 unspecified atom stereocenters. The quantitative estimate of drug-likeness (QED) is 0.878. The highest BCUT2D eigenvalue weighted by Gasteiger charge is 2.15. The molecular formula is C20H24N2O2. The topological polar surface area (TPSA) is 49.4 Å². The lowest BCUT2D eigenvalue weighted by molar-refractivity contribution is -0.133. The van der Waals surface area contributed by atoms with E-state index in [1.807, 2.05) is 54.6 Å². The van der Waals surface area contributed by atoms with Gasteiger partial charge in [-0.3, -0.25) is 9.59 Å². The van der Waals surface area contributed by atoms with E-state index in [0.29, 0.717) is 12.5 Å². The van der Waals surface area contributed by atoms with Crippen LogP contribution >= 0.6 is 0 Å². The van der Waals surface area contributed by atoms with Crippen LogP contribution in [0.1, 0.15) is 37.8 Å². The molecule has 0 aliphatic rings. The van der Waals surface area contributed by atoms with Gasteiger partial charge < -0.3 is 10.2 Å². The molecule has 4 nitrogen and oxygen atoms in total. The van der Waals surface area contributed by atoms with Crippen molar-refractivity contribution in [1.82, 2.24) is 4.90 Å². The van der Waals surface area contributed by atoms with Gasteiger partial charge in [-0.2, -0.15) is 0 Å². The predicted molar refractivity (Wildman–Crippen MR) is 96.7 cm³/mol. The van der Waals surface area contributed by atoms with Gasteiger partial charge >= 0.3 is 0 Å². The largest absolute Gasteiger partial charge is 0.329 e. The highest BCUT2D eigenvalue weighted by molar-refractivity contribution is 5.95. The number of para-hydroxylation sites is 1. The summed E-state index contributed by atoms with van der Waals surface area (Å²) >= 11 is 0. The van der Waals surface area contributed by atoms with Gasteiger partial charge in [0.2, 0.25) is 11.8 Å². The number of benzene rings is 2. The van der Waals surface area contributed by atoms with Gasteiger partial charge in [0, 0.05) is 19.2 Å². The van der Waals surface area contributed by atoms with Crippen LogP contribution in [0.15, 0.2) is 54.6 Å². The SMILES string of the molecule is CC(=O)N(CC(=O)Nc1ccccc1C(C)C)Cc1ccccc1. The molecule has 0 atom stereocenters. The summed E-state index contributed by atoms with van der Waals surface area (Å²) in [6.07, 6.45) is 0. The molecule has 24 heavy (non-hydrogen) atoms. The maximum Gasteiger partial charge on any atom is 0.244 e. The highest BCUT2D eigenvalue weighted by atomic mass is 16.2. The maximum absolute atomic E-state index is 12.4. The van der Waals surface area contributed by atoms with Crippen LogP contribution < -0.4 is 5.32 Å². The molecule has 2 rings (SSSR count). The minimum Gasteiger partial charge on any atom is -0.329 e. The second-order valence-electron chi connectivity index (χ2n) is 6.15. The van der Waals surface area contributed by atoms with E-state index in [1.165, 1.54) is 6.92 Å². The van der Waals surface area contributed by atoms with Crippen molar-refractivity contribution in [2.45, 2.75) is 33.2 Å². The summed E-state index contributed by atoms with van der Waals surface area (Å²) < 4.78 is 0. The van der Waals surface area contributed by atoms with Crippen molar-refractivity contribution in [1.29, 1.82) is 0 Å². The van der Waals surface area contributed by atoms with Crippen molar-refractivity contribution in [2.75, 3.05) is 11.9 Å². The minimum absolute atomic E-state index is 0.0384. The number of anilines is 1. The number of nitrogens with zero attached hydrogens (tertiary/aromatic N) is 1. The molecular weight excluding hydrogens is 300 g/mol. The lowest BCUT2D eigenvalue weighted by Crippen LogP contribution is -2.36. The molecule has 1 N–H and O–H groups in total. The Labute approximate surface area is 143 Å². The van der Waals surface area contributed by atoms with Crippen LogP contribution in [0.2, 0.25) is 0 Å². The molecule has 0 spiro atoms. The van der Waals surface area contributed by atoms with Crippen LogP contribution in [0.4, 0.5) is 5.69 Å². The first-order valence-electron chi connectivity index (χ1n) is 8.15. The number of hydrogen-bond acceptors (Lipinski definition) is 2. The van der Waals surface area contributed by atoms with Gasteiger partial charge in [-0.05, 0) is 23.1 Å². The van der Waals surface area contributed by atoms with Crippen molar-refractivity contribution < 1.29 is 9.59 Å². The zero-order valence-corrected chi connectivity index (χ0v) is 14.5. The fourth-order valence-electron chi connectivity index (χ4n) is 2.56. The van der Waals surface area contributed by atoms with Crippen LogP contribution in [0.3, 0.4) is 0 Å². The molecule has 0 bridgehead atoms. The highest BCUT2D eigenvalue weighted by Crippen LogP contribution is 2.23. The van der Waals surface area contributed by atoms with E-state index in [-0.39, 0.29) is 18.4 Å². The molecule has 0 saturated carbocycles. The Bertz CT molecular complexity index is 696. The number of carbonyl (C=O) groups is 2. The zero-order chi connectivity index (χ0) is 17.5. The van der Waals surface area contributed by atoms with Crippen LogP contribution in [0.25, 0.3) is 0 Å². The third-order valence-corrected chi connectivity index (χ3v) is 3.85. The van der Waals surface area contributed by atoms with Crippen molar-refractivity contribution in [2.24, 2.45) is 0 Å². The third-order valence-electron chi connectivity index (χ3n) is 3.85. The number of carbonyl (C=O) groups excluding carboxylic acids is 2. The van der Waals surface area contributed by atoms with Gasteiger partial charge in [0.15, 0.2) is 0 Å². The van der Waals surface area contributed by atoms with Crippen LogP contribution in [0, 0.1) is 0 Å². The van der Waals surface area contributed by atoms with Gasteiger partial charge in [0.1, 0.15) is 6.54 Å². The molecule has 126 valence electrons. The van der Waals surface area contributed by atoms with Crippen molar-refractivity contribution >= 4 is 17.5 Å². The van der Waals surface area contributed by atoms with E-state index in [1.54, 1.807) is 4.90 Å². The second-order valence-corrected chi connectivity index (χ2v) is 6.15. The Kier molecular flexibility index (Phi) is 6.13. The number of amides is 2. The maximum atomic E-state index is 12.4. The summed E-state index contributed by atoms with van der Waals surface area (Å²) in [5, 5.41) is 2.93. The summed E-state index contributed by atoms with van der Waals surface area (Å²) in [5.74, 6) is 0.00936. The molecule has 0 aliphatic heterocycles. The molecule has 0 aromatic heterocycles. The molecule has 0 fully saturated rings. The summed E-state index contributed by atoms with van der Waals surface area (Å²) in [6, 6.07) is 17.4. The summed E-state index contributed by atoms with van der Waals surface area (Å²) in [6.45, 7) is 6.12. The molecule has 0 radical (unpaired) electrons. The van der Waals surface area contributed by atoms with E-state index >= 15 is 0 Å². The number of rotatable bonds is 6. The normalized spacial score (nSPS) is 10.5. The van der Waals surface area contributed by atoms with Gasteiger partial charge in [-0.1, -0.05) is 62.4 Å². The smallest absolute Gasteiger partial charge is 0.244 e. The third kappa shape index (κ3) is 4.95.